The molecule has 7 nitrogen and oxygen atoms in total. The third-order valence-electron chi connectivity index (χ3n) is 3.05. The van der Waals surface area contributed by atoms with Crippen molar-refractivity contribution < 1.29 is 9.59 Å². The van der Waals surface area contributed by atoms with E-state index in [0.29, 0.717) is 22.6 Å². The van der Waals surface area contributed by atoms with E-state index in [4.69, 9.17) is 16.7 Å². The number of anilines is 3. The average molecular weight is 321 g/mol. The number of nitrogens with one attached hydrogen (secondary N) is 2. The maximum absolute atomic E-state index is 12.0. The van der Waals surface area contributed by atoms with Gasteiger partial charge in [0, 0.05) is 28.8 Å². The van der Waals surface area contributed by atoms with Gasteiger partial charge in [0.25, 0.3) is 11.8 Å². The summed E-state index contributed by atoms with van der Waals surface area (Å²) < 4.78 is 0. The van der Waals surface area contributed by atoms with Crippen LogP contribution in [0.4, 0.5) is 17.1 Å². The average Bonchev–Trinajstić information content (AvgIpc) is 2.58. The minimum absolute atomic E-state index is 0.240. The number of carbonyl (C=O) groups excluding carboxylic acids is 2. The third-order valence-corrected chi connectivity index (χ3v) is 3.05. The van der Waals surface area contributed by atoms with E-state index < -0.39 is 11.8 Å². The fourth-order valence-corrected chi connectivity index (χ4v) is 1.77. The number of carbonyl (C=O) groups is 2. The molecule has 7 heteroatoms. The molecule has 2 rings (SSSR count). The van der Waals surface area contributed by atoms with E-state index in [2.05, 4.69) is 10.6 Å². The van der Waals surface area contributed by atoms with Gasteiger partial charge in [0.15, 0.2) is 0 Å². The first-order valence-electron chi connectivity index (χ1n) is 6.93. The second-order valence-electron chi connectivity index (χ2n) is 4.84. The normalized spacial score (nSPS) is 10.5. The van der Waals surface area contributed by atoms with E-state index in [-0.39, 0.29) is 5.57 Å². The van der Waals surface area contributed by atoms with Gasteiger partial charge in [-0.15, -0.1) is 0 Å². The van der Waals surface area contributed by atoms with Crippen LogP contribution in [-0.2, 0) is 4.79 Å². The number of nitriles is 1. The highest BCUT2D eigenvalue weighted by Crippen LogP contribution is 2.11. The van der Waals surface area contributed by atoms with Crippen molar-refractivity contribution >= 4 is 28.9 Å². The Bertz CT molecular complexity index is 818. The van der Waals surface area contributed by atoms with Gasteiger partial charge in [-0.05, 0) is 48.5 Å². The molecule has 0 atom stereocenters. The van der Waals surface area contributed by atoms with Crippen LogP contribution >= 0.6 is 0 Å². The molecule has 0 radical (unpaired) electrons. The van der Waals surface area contributed by atoms with E-state index in [0.717, 1.165) is 6.20 Å². The molecule has 2 aromatic carbocycles. The molecule has 0 bridgehead atoms. The smallest absolute Gasteiger partial charge is 0.267 e. The molecular formula is C17H15N5O2. The summed E-state index contributed by atoms with van der Waals surface area (Å²) in [7, 11) is 0. The van der Waals surface area contributed by atoms with Gasteiger partial charge in [-0.25, -0.2) is 0 Å². The zero-order valence-electron chi connectivity index (χ0n) is 12.6. The predicted octanol–water partition coefficient (Wildman–Crippen LogP) is 1.63. The van der Waals surface area contributed by atoms with Crippen molar-refractivity contribution in [3.63, 3.8) is 0 Å². The minimum Gasteiger partial charge on any atom is -0.399 e. The summed E-state index contributed by atoms with van der Waals surface area (Å²) in [5, 5.41) is 14.0. The second-order valence-corrected chi connectivity index (χ2v) is 4.84. The van der Waals surface area contributed by atoms with Crippen LogP contribution in [0.5, 0.6) is 0 Å². The van der Waals surface area contributed by atoms with Crippen LogP contribution in [0.1, 0.15) is 10.4 Å². The Morgan fingerprint density at radius 2 is 1.50 bits per heavy atom. The quantitative estimate of drug-likeness (QED) is 0.386. The van der Waals surface area contributed by atoms with Gasteiger partial charge in [0.2, 0.25) is 0 Å². The fraction of sp³-hybridized carbons (Fsp3) is 0. The number of rotatable bonds is 4. The summed E-state index contributed by atoms with van der Waals surface area (Å²) in [4.78, 5) is 24.0. The number of nitrogen functional groups attached to an aromatic ring is 2. The van der Waals surface area contributed by atoms with Crippen molar-refractivity contribution in [2.24, 2.45) is 0 Å². The van der Waals surface area contributed by atoms with Crippen molar-refractivity contribution in [2.45, 2.75) is 0 Å². The number of amides is 2. The first kappa shape index (κ1) is 16.6. The van der Waals surface area contributed by atoms with E-state index in [1.807, 2.05) is 0 Å². The highest BCUT2D eigenvalue weighted by molar-refractivity contribution is 6.07. The highest BCUT2D eigenvalue weighted by atomic mass is 16.2. The zero-order chi connectivity index (χ0) is 17.5. The maximum atomic E-state index is 12.0. The standard InChI is InChI=1S/C17H15N5O2/c18-9-12(17(24)22-15-7-5-14(20)6-8-15)10-21-16(23)11-1-3-13(19)4-2-11/h1-8,10H,19-20H2,(H,21,23)(H,22,24)/b12-10-. The summed E-state index contributed by atoms with van der Waals surface area (Å²) in [6.45, 7) is 0. The van der Waals surface area contributed by atoms with E-state index in [9.17, 15) is 9.59 Å². The SMILES string of the molecule is N#C/C(=C/NC(=O)c1ccc(N)cc1)C(=O)Nc1ccc(N)cc1. The predicted molar refractivity (Wildman–Crippen MR) is 91.5 cm³/mol. The zero-order valence-corrected chi connectivity index (χ0v) is 12.6. The molecule has 0 fully saturated rings. The van der Waals surface area contributed by atoms with E-state index >= 15 is 0 Å². The monoisotopic (exact) mass is 321 g/mol. The van der Waals surface area contributed by atoms with Crippen LogP contribution in [0.2, 0.25) is 0 Å². The van der Waals surface area contributed by atoms with Gasteiger partial charge in [0.1, 0.15) is 11.6 Å². The van der Waals surface area contributed by atoms with Crippen molar-refractivity contribution in [2.75, 3.05) is 16.8 Å². The van der Waals surface area contributed by atoms with Gasteiger partial charge < -0.3 is 22.1 Å². The molecule has 24 heavy (non-hydrogen) atoms. The van der Waals surface area contributed by atoms with Crippen LogP contribution in [0.15, 0.2) is 60.3 Å². The number of nitrogens with zero attached hydrogens (tertiary/aromatic N) is 1. The molecule has 0 unspecified atom stereocenters. The van der Waals surface area contributed by atoms with Gasteiger partial charge in [-0.3, -0.25) is 9.59 Å². The molecule has 0 saturated carbocycles. The van der Waals surface area contributed by atoms with Crippen molar-refractivity contribution in [1.82, 2.24) is 5.32 Å². The molecule has 2 aromatic rings. The molecule has 0 aromatic heterocycles. The minimum atomic E-state index is -0.639. The van der Waals surface area contributed by atoms with Gasteiger partial charge in [0.05, 0.1) is 0 Å². The molecule has 6 N–H and O–H groups in total. The largest absolute Gasteiger partial charge is 0.399 e. The van der Waals surface area contributed by atoms with Crippen molar-refractivity contribution in [3.05, 3.63) is 65.9 Å². The Hall–Kier alpha value is -3.79. The number of nitrogens with two attached hydrogens (primary N) is 2. The first-order valence-corrected chi connectivity index (χ1v) is 6.93. The second kappa shape index (κ2) is 7.47. The van der Waals surface area contributed by atoms with Crippen LogP contribution in [0.25, 0.3) is 0 Å². The lowest BCUT2D eigenvalue weighted by Gasteiger charge is -2.05. The fourth-order valence-electron chi connectivity index (χ4n) is 1.77. The molecule has 2 amide bonds. The van der Waals surface area contributed by atoms with E-state index in [1.54, 1.807) is 54.6 Å². The number of hydrogen-bond acceptors (Lipinski definition) is 5. The van der Waals surface area contributed by atoms with Crippen LogP contribution in [-0.4, -0.2) is 11.8 Å². The van der Waals surface area contributed by atoms with Crippen molar-refractivity contribution in [3.8, 4) is 6.07 Å². The highest BCUT2D eigenvalue weighted by Gasteiger charge is 2.11. The summed E-state index contributed by atoms with van der Waals surface area (Å²) >= 11 is 0. The van der Waals surface area contributed by atoms with Crippen molar-refractivity contribution in [1.29, 1.82) is 5.26 Å². The maximum Gasteiger partial charge on any atom is 0.267 e. The summed E-state index contributed by atoms with van der Waals surface area (Å²) in [6, 6.07) is 14.4. The Balaban J connectivity index is 2.04. The molecule has 0 aliphatic rings. The van der Waals surface area contributed by atoms with Crippen LogP contribution in [0.3, 0.4) is 0 Å². The molecule has 0 spiro atoms. The lowest BCUT2D eigenvalue weighted by atomic mass is 10.2. The lowest BCUT2D eigenvalue weighted by molar-refractivity contribution is -0.112. The van der Waals surface area contributed by atoms with Gasteiger partial charge in [-0.1, -0.05) is 0 Å². The lowest BCUT2D eigenvalue weighted by Crippen LogP contribution is -2.21. The van der Waals surface area contributed by atoms with E-state index in [1.165, 1.54) is 0 Å². The van der Waals surface area contributed by atoms with Crippen LogP contribution in [0, 0.1) is 11.3 Å². The van der Waals surface area contributed by atoms with Crippen LogP contribution < -0.4 is 22.1 Å². The van der Waals surface area contributed by atoms with Gasteiger partial charge >= 0.3 is 0 Å². The summed E-state index contributed by atoms with van der Waals surface area (Å²) in [5.41, 5.74) is 12.8. The Labute approximate surface area is 138 Å². The summed E-state index contributed by atoms with van der Waals surface area (Å²) in [5.74, 6) is -1.09. The Morgan fingerprint density at radius 1 is 0.958 bits per heavy atom. The topological polar surface area (TPSA) is 134 Å². The Morgan fingerprint density at radius 3 is 2.04 bits per heavy atom. The molecule has 0 saturated heterocycles. The molecule has 0 aliphatic heterocycles. The summed E-state index contributed by atoms with van der Waals surface area (Å²) in [6.07, 6.45) is 1.06. The first-order chi connectivity index (χ1) is 11.5. The molecule has 0 aliphatic carbocycles. The molecular weight excluding hydrogens is 306 g/mol. The molecule has 120 valence electrons. The Kier molecular flexibility index (Phi) is 5.16. The molecule has 0 heterocycles. The van der Waals surface area contributed by atoms with Gasteiger partial charge in [-0.2, -0.15) is 5.26 Å². The number of hydrogen-bond donors (Lipinski definition) is 4. The third kappa shape index (κ3) is 4.35. The number of benzene rings is 2.